The number of nitrogens with two attached hydrogens (primary N) is 1. The van der Waals surface area contributed by atoms with Crippen molar-refractivity contribution < 1.29 is 4.79 Å². The van der Waals surface area contributed by atoms with E-state index in [9.17, 15) is 4.79 Å². The van der Waals surface area contributed by atoms with Gasteiger partial charge in [0.2, 0.25) is 5.91 Å². The van der Waals surface area contributed by atoms with Crippen LogP contribution in [0.25, 0.3) is 0 Å². The Kier molecular flexibility index (Phi) is 5.96. The van der Waals surface area contributed by atoms with E-state index in [2.05, 4.69) is 13.8 Å². The summed E-state index contributed by atoms with van der Waals surface area (Å²) in [6.45, 7) is 5.25. The highest BCUT2D eigenvalue weighted by molar-refractivity contribution is 5.76. The van der Waals surface area contributed by atoms with Crippen LogP contribution in [0.3, 0.4) is 0 Å². The molecule has 0 aromatic heterocycles. The fraction of sp³-hybridized carbons (Fsp3) is 0.929. The molecule has 1 aliphatic rings. The van der Waals surface area contributed by atoms with Crippen molar-refractivity contribution in [3.05, 3.63) is 0 Å². The minimum Gasteiger partial charge on any atom is -0.345 e. The number of rotatable bonds is 5. The van der Waals surface area contributed by atoms with E-state index in [1.807, 2.05) is 11.9 Å². The van der Waals surface area contributed by atoms with Gasteiger partial charge in [-0.2, -0.15) is 0 Å². The summed E-state index contributed by atoms with van der Waals surface area (Å²) < 4.78 is 0. The number of nitrogens with zero attached hydrogens (tertiary/aromatic N) is 1. The first-order valence-electron chi connectivity index (χ1n) is 7.02. The molecule has 2 N–H and O–H groups in total. The number of hydrogen-bond donors (Lipinski definition) is 1. The number of carbonyl (C=O) groups is 1. The zero-order chi connectivity index (χ0) is 12.8. The van der Waals surface area contributed by atoms with Crippen molar-refractivity contribution in [2.45, 2.75) is 58.4 Å². The maximum Gasteiger partial charge on any atom is 0.222 e. The average molecular weight is 240 g/mol. The van der Waals surface area contributed by atoms with Gasteiger partial charge in [0, 0.05) is 26.1 Å². The van der Waals surface area contributed by atoms with Crippen LogP contribution in [0.1, 0.15) is 52.4 Å². The van der Waals surface area contributed by atoms with E-state index in [0.717, 1.165) is 25.8 Å². The lowest BCUT2D eigenvalue weighted by atomic mass is 9.84. The Balaban J connectivity index is 2.32. The largest absolute Gasteiger partial charge is 0.345 e. The van der Waals surface area contributed by atoms with E-state index in [0.29, 0.717) is 30.2 Å². The molecule has 0 spiro atoms. The molecule has 0 aromatic rings. The van der Waals surface area contributed by atoms with Crippen LogP contribution in [-0.4, -0.2) is 30.4 Å². The molecular weight excluding hydrogens is 212 g/mol. The average Bonchev–Trinajstić information content (AvgIpc) is 2.28. The molecule has 1 aliphatic carbocycles. The Morgan fingerprint density at radius 1 is 1.47 bits per heavy atom. The molecule has 17 heavy (non-hydrogen) atoms. The van der Waals surface area contributed by atoms with Crippen LogP contribution < -0.4 is 5.73 Å². The van der Waals surface area contributed by atoms with E-state index in [1.54, 1.807) is 0 Å². The molecule has 1 saturated carbocycles. The van der Waals surface area contributed by atoms with E-state index in [-0.39, 0.29) is 0 Å². The summed E-state index contributed by atoms with van der Waals surface area (Å²) in [6, 6.07) is 0.321. The maximum absolute atomic E-state index is 12.1. The first kappa shape index (κ1) is 14.5. The van der Waals surface area contributed by atoms with Crippen molar-refractivity contribution in [1.29, 1.82) is 0 Å². The third kappa shape index (κ3) is 5.07. The second-order valence-corrected chi connectivity index (χ2v) is 5.78. The molecule has 1 amide bonds. The highest BCUT2D eigenvalue weighted by Crippen LogP contribution is 2.26. The second kappa shape index (κ2) is 7.00. The SMILES string of the molecule is CCC(C)CN(C)C(=O)CC1CCCC(N)C1. The first-order chi connectivity index (χ1) is 8.02. The van der Waals surface area contributed by atoms with Crippen LogP contribution in [-0.2, 0) is 4.79 Å². The van der Waals surface area contributed by atoms with Crippen molar-refractivity contribution in [3.63, 3.8) is 0 Å². The smallest absolute Gasteiger partial charge is 0.222 e. The van der Waals surface area contributed by atoms with Gasteiger partial charge >= 0.3 is 0 Å². The van der Waals surface area contributed by atoms with Gasteiger partial charge in [-0.15, -0.1) is 0 Å². The molecule has 0 heterocycles. The number of carbonyl (C=O) groups excluding carboxylic acids is 1. The topological polar surface area (TPSA) is 46.3 Å². The second-order valence-electron chi connectivity index (χ2n) is 5.78. The van der Waals surface area contributed by atoms with Crippen molar-refractivity contribution in [2.75, 3.05) is 13.6 Å². The lowest BCUT2D eigenvalue weighted by Gasteiger charge is -2.28. The van der Waals surface area contributed by atoms with Gasteiger partial charge in [-0.25, -0.2) is 0 Å². The van der Waals surface area contributed by atoms with Gasteiger partial charge in [-0.3, -0.25) is 4.79 Å². The summed E-state index contributed by atoms with van der Waals surface area (Å²) in [5.74, 6) is 1.41. The fourth-order valence-electron chi connectivity index (χ4n) is 2.62. The quantitative estimate of drug-likeness (QED) is 0.802. The minimum absolute atomic E-state index is 0.296. The summed E-state index contributed by atoms with van der Waals surface area (Å²) in [4.78, 5) is 14.0. The van der Waals surface area contributed by atoms with Crippen LogP contribution in [0.5, 0.6) is 0 Å². The van der Waals surface area contributed by atoms with Crippen molar-refractivity contribution in [2.24, 2.45) is 17.6 Å². The number of hydrogen-bond acceptors (Lipinski definition) is 2. The van der Waals surface area contributed by atoms with Crippen LogP contribution in [0.15, 0.2) is 0 Å². The Morgan fingerprint density at radius 2 is 2.18 bits per heavy atom. The Bertz CT molecular complexity index is 242. The van der Waals surface area contributed by atoms with Gasteiger partial charge in [-0.1, -0.05) is 26.7 Å². The van der Waals surface area contributed by atoms with Crippen LogP contribution in [0.4, 0.5) is 0 Å². The van der Waals surface area contributed by atoms with Crippen LogP contribution >= 0.6 is 0 Å². The molecule has 3 atom stereocenters. The van der Waals surface area contributed by atoms with Gasteiger partial charge in [0.15, 0.2) is 0 Å². The predicted octanol–water partition coefficient (Wildman–Crippen LogP) is 2.40. The van der Waals surface area contributed by atoms with Gasteiger partial charge in [0.05, 0.1) is 0 Å². The van der Waals surface area contributed by atoms with Crippen molar-refractivity contribution >= 4 is 5.91 Å². The Labute approximate surface area is 106 Å². The third-order valence-electron chi connectivity index (χ3n) is 3.99. The molecular formula is C14H28N2O. The zero-order valence-corrected chi connectivity index (χ0v) is 11.6. The molecule has 0 saturated heterocycles. The number of amides is 1. The molecule has 3 heteroatoms. The predicted molar refractivity (Wildman–Crippen MR) is 71.6 cm³/mol. The highest BCUT2D eigenvalue weighted by atomic mass is 16.2. The van der Waals surface area contributed by atoms with Gasteiger partial charge in [-0.05, 0) is 31.1 Å². The minimum atomic E-state index is 0.296. The molecule has 1 rings (SSSR count). The first-order valence-corrected chi connectivity index (χ1v) is 7.02. The van der Waals surface area contributed by atoms with E-state index in [4.69, 9.17) is 5.73 Å². The molecule has 0 radical (unpaired) electrons. The summed E-state index contributed by atoms with van der Waals surface area (Å²) in [5, 5.41) is 0. The summed E-state index contributed by atoms with van der Waals surface area (Å²) >= 11 is 0. The lowest BCUT2D eigenvalue weighted by molar-refractivity contribution is -0.131. The van der Waals surface area contributed by atoms with Gasteiger partial charge in [0.1, 0.15) is 0 Å². The third-order valence-corrected chi connectivity index (χ3v) is 3.99. The Morgan fingerprint density at radius 3 is 2.76 bits per heavy atom. The molecule has 100 valence electrons. The molecule has 0 bridgehead atoms. The molecule has 0 aliphatic heterocycles. The van der Waals surface area contributed by atoms with E-state index >= 15 is 0 Å². The van der Waals surface area contributed by atoms with Crippen LogP contribution in [0.2, 0.25) is 0 Å². The highest BCUT2D eigenvalue weighted by Gasteiger charge is 2.23. The van der Waals surface area contributed by atoms with Crippen LogP contribution in [0, 0.1) is 11.8 Å². The normalized spacial score (nSPS) is 26.6. The molecule has 1 fully saturated rings. The van der Waals surface area contributed by atoms with Crippen molar-refractivity contribution in [1.82, 2.24) is 4.90 Å². The summed E-state index contributed by atoms with van der Waals surface area (Å²) in [6.07, 6.45) is 6.35. The lowest BCUT2D eigenvalue weighted by Crippen LogP contribution is -2.35. The summed E-state index contributed by atoms with van der Waals surface area (Å²) in [5.41, 5.74) is 5.95. The standard InChI is InChI=1S/C14H28N2O/c1-4-11(2)10-16(3)14(17)9-12-6-5-7-13(15)8-12/h11-13H,4-10,15H2,1-3H3. The molecule has 0 aromatic carbocycles. The van der Waals surface area contributed by atoms with Crippen molar-refractivity contribution in [3.8, 4) is 0 Å². The monoisotopic (exact) mass is 240 g/mol. The zero-order valence-electron chi connectivity index (χ0n) is 11.6. The van der Waals surface area contributed by atoms with Gasteiger partial charge < -0.3 is 10.6 Å². The van der Waals surface area contributed by atoms with Gasteiger partial charge in [0.25, 0.3) is 0 Å². The Hall–Kier alpha value is -0.570. The van der Waals surface area contributed by atoms with E-state index < -0.39 is 0 Å². The fourth-order valence-corrected chi connectivity index (χ4v) is 2.62. The molecule has 3 unspecified atom stereocenters. The summed E-state index contributed by atoms with van der Waals surface area (Å²) in [7, 11) is 1.93. The molecule has 3 nitrogen and oxygen atoms in total. The van der Waals surface area contributed by atoms with E-state index in [1.165, 1.54) is 12.8 Å². The maximum atomic E-state index is 12.1.